The molecule has 0 fully saturated rings. The highest BCUT2D eigenvalue weighted by Gasteiger charge is 2.15. The second-order valence-electron chi connectivity index (χ2n) is 7.06. The summed E-state index contributed by atoms with van der Waals surface area (Å²) in [5.41, 5.74) is 3.44. The maximum atomic E-state index is 12.6. The number of halogens is 3. The number of hydrogen-bond acceptors (Lipinski definition) is 4. The fraction of sp³-hybridized carbons (Fsp3) is 0.364. The van der Waals surface area contributed by atoms with E-state index in [4.69, 9.17) is 4.74 Å². The van der Waals surface area contributed by atoms with E-state index in [-0.39, 0.29) is 42.2 Å². The van der Waals surface area contributed by atoms with Crippen molar-refractivity contribution in [2.75, 3.05) is 25.5 Å². The number of carbonyl (C=O) groups is 1. The second-order valence-corrected chi connectivity index (χ2v) is 7.06. The number of nitrogens with one attached hydrogen (secondary N) is 3. The maximum absolute atomic E-state index is 12.6. The van der Waals surface area contributed by atoms with Gasteiger partial charge in [0, 0.05) is 31.3 Å². The average molecular weight is 560 g/mol. The van der Waals surface area contributed by atoms with Crippen molar-refractivity contribution in [1.29, 1.82) is 0 Å². The molecule has 1 aliphatic heterocycles. The summed E-state index contributed by atoms with van der Waals surface area (Å²) in [5, 5.41) is 9.05. The van der Waals surface area contributed by atoms with Gasteiger partial charge < -0.3 is 25.4 Å². The highest BCUT2D eigenvalue weighted by atomic mass is 127. The van der Waals surface area contributed by atoms with Crippen molar-refractivity contribution >= 4 is 41.5 Å². The summed E-state index contributed by atoms with van der Waals surface area (Å²) >= 11 is 0. The molecular formula is C22H27F2IN4O3. The molecule has 32 heavy (non-hydrogen) atoms. The first-order chi connectivity index (χ1) is 14.9. The molecule has 0 saturated carbocycles. The monoisotopic (exact) mass is 560 g/mol. The van der Waals surface area contributed by atoms with Crippen LogP contribution in [0.15, 0.2) is 41.4 Å². The van der Waals surface area contributed by atoms with Gasteiger partial charge in [-0.15, -0.1) is 24.0 Å². The smallest absolute Gasteiger partial charge is 0.387 e. The lowest BCUT2D eigenvalue weighted by molar-refractivity contribution is -0.116. The fourth-order valence-electron chi connectivity index (χ4n) is 3.24. The van der Waals surface area contributed by atoms with Crippen molar-refractivity contribution in [3.63, 3.8) is 0 Å². The predicted molar refractivity (Wildman–Crippen MR) is 130 cm³/mol. The summed E-state index contributed by atoms with van der Waals surface area (Å²) < 4.78 is 35.6. The number of carbonyl (C=O) groups excluding carboxylic acids is 1. The molecule has 0 aliphatic carbocycles. The van der Waals surface area contributed by atoms with Crippen molar-refractivity contribution in [3.05, 3.63) is 53.1 Å². The molecule has 0 radical (unpaired) electrons. The van der Waals surface area contributed by atoms with Crippen molar-refractivity contribution in [2.24, 2.45) is 4.99 Å². The largest absolute Gasteiger partial charge is 0.492 e. The number of nitrogens with zero attached hydrogens (tertiary/aromatic N) is 1. The van der Waals surface area contributed by atoms with E-state index in [1.165, 1.54) is 6.07 Å². The highest BCUT2D eigenvalue weighted by molar-refractivity contribution is 14.0. The molecule has 0 spiro atoms. The first kappa shape index (κ1) is 25.6. The molecule has 10 heteroatoms. The second kappa shape index (κ2) is 12.4. The third kappa shape index (κ3) is 7.50. The number of amides is 1. The molecule has 3 rings (SSSR count). The normalized spacial score (nSPS) is 13.0. The van der Waals surface area contributed by atoms with Crippen LogP contribution in [0.2, 0.25) is 0 Å². The zero-order valence-corrected chi connectivity index (χ0v) is 20.2. The molecule has 2 aromatic carbocycles. The lowest BCUT2D eigenvalue weighted by atomic mass is 10.0. The highest BCUT2D eigenvalue weighted by Crippen LogP contribution is 2.26. The Morgan fingerprint density at radius 3 is 2.75 bits per heavy atom. The van der Waals surface area contributed by atoms with Gasteiger partial charge in [-0.2, -0.15) is 8.78 Å². The van der Waals surface area contributed by atoms with Crippen LogP contribution in [-0.2, 0) is 17.8 Å². The molecule has 2 aromatic rings. The molecule has 1 aliphatic rings. The zero-order valence-electron chi connectivity index (χ0n) is 17.9. The van der Waals surface area contributed by atoms with E-state index in [0.717, 1.165) is 22.6 Å². The molecule has 0 aromatic heterocycles. The first-order valence-corrected chi connectivity index (χ1v) is 9.99. The van der Waals surface area contributed by atoms with Gasteiger partial charge in [0.15, 0.2) is 5.96 Å². The van der Waals surface area contributed by atoms with E-state index in [0.29, 0.717) is 37.5 Å². The Morgan fingerprint density at radius 1 is 1.19 bits per heavy atom. The lowest BCUT2D eigenvalue weighted by Gasteiger charge is -2.18. The average Bonchev–Trinajstić information content (AvgIpc) is 2.74. The number of fused-ring (bicyclic) bond motifs is 1. The zero-order chi connectivity index (χ0) is 22.2. The van der Waals surface area contributed by atoms with Crippen LogP contribution in [-0.4, -0.2) is 38.7 Å². The van der Waals surface area contributed by atoms with Crippen LogP contribution in [0.3, 0.4) is 0 Å². The minimum absolute atomic E-state index is 0. The van der Waals surface area contributed by atoms with E-state index in [9.17, 15) is 13.6 Å². The SMILES string of the molecule is CN=C(NCCOc1ccc2c(c1)CCC(=O)N2)NCc1cc(C)ccc1OC(F)F.I. The van der Waals surface area contributed by atoms with Crippen molar-refractivity contribution in [3.8, 4) is 11.5 Å². The van der Waals surface area contributed by atoms with Crippen molar-refractivity contribution < 1.29 is 23.0 Å². The molecule has 1 heterocycles. The Kier molecular flexibility index (Phi) is 9.95. The number of aryl methyl sites for hydroxylation is 2. The van der Waals surface area contributed by atoms with Gasteiger partial charge in [0.1, 0.15) is 18.1 Å². The number of alkyl halides is 2. The first-order valence-electron chi connectivity index (χ1n) is 9.99. The topological polar surface area (TPSA) is 84.0 Å². The Bertz CT molecular complexity index is 957. The van der Waals surface area contributed by atoms with Crippen LogP contribution in [0.1, 0.15) is 23.1 Å². The molecule has 1 amide bonds. The maximum Gasteiger partial charge on any atom is 0.387 e. The third-order valence-corrected chi connectivity index (χ3v) is 4.74. The quantitative estimate of drug-likeness (QED) is 0.198. The van der Waals surface area contributed by atoms with Crippen LogP contribution in [0, 0.1) is 6.92 Å². The molecule has 174 valence electrons. The van der Waals surface area contributed by atoms with Gasteiger partial charge in [-0.3, -0.25) is 9.79 Å². The number of ether oxygens (including phenoxy) is 2. The minimum Gasteiger partial charge on any atom is -0.492 e. The molecule has 0 bridgehead atoms. The molecular weight excluding hydrogens is 533 g/mol. The predicted octanol–water partition coefficient (Wildman–Crippen LogP) is 3.84. The standard InChI is InChI=1S/C22H26F2N4O3.HI/c1-14-3-7-19(31-21(23)24)16(11-14)13-27-22(25-2)26-9-10-30-17-5-6-18-15(12-17)4-8-20(29)28-18;/h3,5-7,11-12,21H,4,8-10,13H2,1-2H3,(H,28,29)(H2,25,26,27);1H. The molecule has 0 unspecified atom stereocenters. The van der Waals surface area contributed by atoms with Crippen LogP contribution in [0.5, 0.6) is 11.5 Å². The van der Waals surface area contributed by atoms with Crippen molar-refractivity contribution in [1.82, 2.24) is 10.6 Å². The number of anilines is 1. The van der Waals surface area contributed by atoms with Crippen LogP contribution in [0.25, 0.3) is 0 Å². The summed E-state index contributed by atoms with van der Waals surface area (Å²) in [7, 11) is 1.63. The minimum atomic E-state index is -2.88. The van der Waals surface area contributed by atoms with Gasteiger partial charge in [-0.05, 0) is 43.2 Å². The van der Waals surface area contributed by atoms with Gasteiger partial charge in [-0.25, -0.2) is 0 Å². The van der Waals surface area contributed by atoms with E-state index in [1.807, 2.05) is 25.1 Å². The summed E-state index contributed by atoms with van der Waals surface area (Å²) in [6.45, 7) is 0.170. The summed E-state index contributed by atoms with van der Waals surface area (Å²) in [6, 6.07) is 10.6. The Hall–Kier alpha value is -2.63. The van der Waals surface area contributed by atoms with E-state index in [1.54, 1.807) is 19.2 Å². The molecule has 3 N–H and O–H groups in total. The Morgan fingerprint density at radius 2 is 2.00 bits per heavy atom. The van der Waals surface area contributed by atoms with E-state index < -0.39 is 6.61 Å². The lowest BCUT2D eigenvalue weighted by Crippen LogP contribution is -2.39. The van der Waals surface area contributed by atoms with Gasteiger partial charge in [0.05, 0.1) is 6.54 Å². The van der Waals surface area contributed by atoms with Gasteiger partial charge >= 0.3 is 6.61 Å². The van der Waals surface area contributed by atoms with Crippen LogP contribution in [0.4, 0.5) is 14.5 Å². The molecule has 0 atom stereocenters. The summed E-state index contributed by atoms with van der Waals surface area (Å²) in [6.07, 6.45) is 1.18. The number of benzene rings is 2. The number of rotatable bonds is 8. The fourth-order valence-corrected chi connectivity index (χ4v) is 3.24. The number of guanidine groups is 1. The summed E-state index contributed by atoms with van der Waals surface area (Å²) in [5.74, 6) is 1.41. The molecule has 0 saturated heterocycles. The van der Waals surface area contributed by atoms with Crippen LogP contribution < -0.4 is 25.4 Å². The number of aliphatic imine (C=N–C) groups is 1. The van der Waals surface area contributed by atoms with Gasteiger partial charge in [0.25, 0.3) is 0 Å². The van der Waals surface area contributed by atoms with E-state index >= 15 is 0 Å². The Labute approximate surface area is 203 Å². The Balaban J connectivity index is 0.00000363. The summed E-state index contributed by atoms with van der Waals surface area (Å²) in [4.78, 5) is 15.6. The third-order valence-electron chi connectivity index (χ3n) is 4.74. The van der Waals surface area contributed by atoms with Crippen LogP contribution >= 0.6 is 24.0 Å². The number of hydrogen-bond donors (Lipinski definition) is 3. The van der Waals surface area contributed by atoms with Gasteiger partial charge in [-0.1, -0.05) is 17.7 Å². The van der Waals surface area contributed by atoms with Crippen molar-refractivity contribution in [2.45, 2.75) is 32.9 Å². The van der Waals surface area contributed by atoms with Gasteiger partial charge in [0.2, 0.25) is 5.91 Å². The van der Waals surface area contributed by atoms with E-state index in [2.05, 4.69) is 25.7 Å². The molecule has 7 nitrogen and oxygen atoms in total.